The van der Waals surface area contributed by atoms with Gasteiger partial charge >= 0.3 is 5.69 Å². The number of benzene rings is 1. The lowest BCUT2D eigenvalue weighted by Gasteiger charge is -2.04. The lowest BCUT2D eigenvalue weighted by Crippen LogP contribution is -2.13. The molecule has 8 heteroatoms. The van der Waals surface area contributed by atoms with E-state index in [1.807, 2.05) is 0 Å². The Kier molecular flexibility index (Phi) is 4.74. The molecule has 0 spiro atoms. The molecule has 0 atom stereocenters. The van der Waals surface area contributed by atoms with Crippen LogP contribution in [-0.4, -0.2) is 25.6 Å². The van der Waals surface area contributed by atoms with Crippen molar-refractivity contribution in [1.29, 1.82) is 0 Å². The van der Waals surface area contributed by atoms with E-state index in [2.05, 4.69) is 0 Å². The predicted octanol–water partition coefficient (Wildman–Crippen LogP) is 0.998. The van der Waals surface area contributed by atoms with Crippen LogP contribution in [-0.2, 0) is 15.6 Å². The average Bonchev–Trinajstić information content (AvgIpc) is 2.25. The highest BCUT2D eigenvalue weighted by Gasteiger charge is 2.17. The standard InChI is InChI=1S/C10H13FN2O4S/c11-9-6-8(2-3-10(9)13(14)15)7-18(16,17)5-1-4-12/h2-3,6H,1,4-5,7,12H2. The molecule has 0 saturated heterocycles. The molecule has 1 aromatic carbocycles. The summed E-state index contributed by atoms with van der Waals surface area (Å²) in [6.45, 7) is 0.258. The van der Waals surface area contributed by atoms with Gasteiger partial charge in [-0.3, -0.25) is 10.1 Å². The van der Waals surface area contributed by atoms with Crippen molar-refractivity contribution in [2.24, 2.45) is 5.73 Å². The van der Waals surface area contributed by atoms with E-state index < -0.39 is 26.3 Å². The minimum atomic E-state index is -3.36. The lowest BCUT2D eigenvalue weighted by molar-refractivity contribution is -0.387. The average molecular weight is 276 g/mol. The van der Waals surface area contributed by atoms with Crippen LogP contribution >= 0.6 is 0 Å². The number of nitrogens with two attached hydrogens (primary N) is 1. The molecule has 0 aromatic heterocycles. The monoisotopic (exact) mass is 276 g/mol. The zero-order valence-electron chi connectivity index (χ0n) is 9.50. The first-order valence-electron chi connectivity index (χ1n) is 5.19. The minimum Gasteiger partial charge on any atom is -0.330 e. The number of nitro groups is 1. The molecular weight excluding hydrogens is 263 g/mol. The third-order valence-corrected chi connectivity index (χ3v) is 3.94. The third kappa shape index (κ3) is 4.04. The Morgan fingerprint density at radius 1 is 1.39 bits per heavy atom. The first kappa shape index (κ1) is 14.5. The van der Waals surface area contributed by atoms with E-state index >= 15 is 0 Å². The zero-order valence-corrected chi connectivity index (χ0v) is 10.3. The van der Waals surface area contributed by atoms with Gasteiger partial charge in [-0.15, -0.1) is 0 Å². The van der Waals surface area contributed by atoms with Crippen molar-refractivity contribution in [3.63, 3.8) is 0 Å². The second-order valence-electron chi connectivity index (χ2n) is 3.78. The Bertz CT molecular complexity index is 545. The van der Waals surface area contributed by atoms with Crippen LogP contribution in [0.3, 0.4) is 0 Å². The highest BCUT2D eigenvalue weighted by atomic mass is 32.2. The maximum absolute atomic E-state index is 13.3. The maximum Gasteiger partial charge on any atom is 0.304 e. The molecule has 18 heavy (non-hydrogen) atoms. The fourth-order valence-electron chi connectivity index (χ4n) is 1.42. The molecule has 0 radical (unpaired) electrons. The Hall–Kier alpha value is -1.54. The van der Waals surface area contributed by atoms with E-state index in [1.54, 1.807) is 0 Å². The lowest BCUT2D eigenvalue weighted by atomic mass is 10.2. The Labute approximate surface area is 104 Å². The number of rotatable bonds is 6. The van der Waals surface area contributed by atoms with Gasteiger partial charge in [-0.1, -0.05) is 6.07 Å². The van der Waals surface area contributed by atoms with E-state index in [0.717, 1.165) is 12.1 Å². The summed E-state index contributed by atoms with van der Waals surface area (Å²) in [7, 11) is -3.36. The van der Waals surface area contributed by atoms with Crippen LogP contribution in [0, 0.1) is 15.9 Å². The summed E-state index contributed by atoms with van der Waals surface area (Å²) in [4.78, 5) is 9.53. The van der Waals surface area contributed by atoms with E-state index in [-0.39, 0.29) is 23.6 Å². The summed E-state index contributed by atoms with van der Waals surface area (Å²) < 4.78 is 36.4. The Balaban J connectivity index is 2.87. The van der Waals surface area contributed by atoms with Crippen LogP contribution < -0.4 is 5.73 Å². The molecule has 0 saturated carbocycles. The summed E-state index contributed by atoms with van der Waals surface area (Å²) in [5.41, 5.74) is 4.73. The van der Waals surface area contributed by atoms with E-state index in [0.29, 0.717) is 6.42 Å². The molecule has 2 N–H and O–H groups in total. The number of sulfone groups is 1. The topological polar surface area (TPSA) is 103 Å². The van der Waals surface area contributed by atoms with Gasteiger partial charge in [0.25, 0.3) is 0 Å². The second kappa shape index (κ2) is 5.87. The van der Waals surface area contributed by atoms with Crippen molar-refractivity contribution in [2.45, 2.75) is 12.2 Å². The van der Waals surface area contributed by atoms with Crippen molar-refractivity contribution < 1.29 is 17.7 Å². The van der Waals surface area contributed by atoms with Gasteiger partial charge in [0.15, 0.2) is 9.84 Å². The van der Waals surface area contributed by atoms with Gasteiger partial charge < -0.3 is 5.73 Å². The summed E-state index contributed by atoms with van der Waals surface area (Å²) >= 11 is 0. The van der Waals surface area contributed by atoms with Gasteiger partial charge in [0.1, 0.15) is 0 Å². The quantitative estimate of drug-likeness (QED) is 0.616. The number of hydrogen-bond donors (Lipinski definition) is 1. The molecule has 0 fully saturated rings. The first-order valence-corrected chi connectivity index (χ1v) is 7.01. The highest BCUT2D eigenvalue weighted by Crippen LogP contribution is 2.19. The molecule has 100 valence electrons. The van der Waals surface area contributed by atoms with E-state index in [4.69, 9.17) is 5.73 Å². The molecule has 0 bridgehead atoms. The molecule has 0 amide bonds. The smallest absolute Gasteiger partial charge is 0.304 e. The van der Waals surface area contributed by atoms with Gasteiger partial charge in [-0.05, 0) is 24.6 Å². The number of nitro benzene ring substituents is 1. The van der Waals surface area contributed by atoms with Crippen molar-refractivity contribution in [1.82, 2.24) is 0 Å². The molecule has 1 rings (SSSR count). The van der Waals surface area contributed by atoms with Crippen LogP contribution in [0.15, 0.2) is 18.2 Å². The van der Waals surface area contributed by atoms with Crippen LogP contribution in [0.25, 0.3) is 0 Å². The fraction of sp³-hybridized carbons (Fsp3) is 0.400. The maximum atomic E-state index is 13.3. The van der Waals surface area contributed by atoms with Gasteiger partial charge in [0.05, 0.1) is 16.4 Å². The Morgan fingerprint density at radius 3 is 2.56 bits per heavy atom. The largest absolute Gasteiger partial charge is 0.330 e. The van der Waals surface area contributed by atoms with Crippen LogP contribution in [0.5, 0.6) is 0 Å². The molecule has 0 unspecified atom stereocenters. The predicted molar refractivity (Wildman–Crippen MR) is 64.2 cm³/mol. The molecule has 0 aliphatic heterocycles. The number of hydrogen-bond acceptors (Lipinski definition) is 5. The van der Waals surface area contributed by atoms with Crippen LogP contribution in [0.1, 0.15) is 12.0 Å². The SMILES string of the molecule is NCCCS(=O)(=O)Cc1ccc([N+](=O)[O-])c(F)c1. The highest BCUT2D eigenvalue weighted by molar-refractivity contribution is 7.90. The van der Waals surface area contributed by atoms with Crippen LogP contribution in [0.4, 0.5) is 10.1 Å². The normalized spacial score (nSPS) is 11.4. The van der Waals surface area contributed by atoms with Crippen molar-refractivity contribution in [3.05, 3.63) is 39.7 Å². The van der Waals surface area contributed by atoms with Gasteiger partial charge in [0, 0.05) is 6.07 Å². The minimum absolute atomic E-state index is 0.0812. The van der Waals surface area contributed by atoms with E-state index in [1.165, 1.54) is 6.07 Å². The molecule has 1 aromatic rings. The molecule has 0 aliphatic rings. The second-order valence-corrected chi connectivity index (χ2v) is 5.96. The zero-order chi connectivity index (χ0) is 13.8. The summed E-state index contributed by atoms with van der Waals surface area (Å²) in [6, 6.07) is 3.07. The van der Waals surface area contributed by atoms with Gasteiger partial charge in [-0.25, -0.2) is 8.42 Å². The van der Waals surface area contributed by atoms with E-state index in [9.17, 15) is 22.9 Å². The number of nitrogens with zero attached hydrogens (tertiary/aromatic N) is 1. The van der Waals surface area contributed by atoms with Gasteiger partial charge in [0.2, 0.25) is 5.82 Å². The Morgan fingerprint density at radius 2 is 2.06 bits per heavy atom. The summed E-state index contributed by atoms with van der Waals surface area (Å²) in [6.07, 6.45) is 0.331. The third-order valence-electron chi connectivity index (χ3n) is 2.25. The molecular formula is C10H13FN2O4S. The summed E-state index contributed by atoms with van der Waals surface area (Å²) in [5, 5.41) is 10.4. The molecule has 0 aliphatic carbocycles. The van der Waals surface area contributed by atoms with Crippen molar-refractivity contribution in [3.8, 4) is 0 Å². The molecule has 0 heterocycles. The summed E-state index contributed by atoms with van der Waals surface area (Å²) in [5.74, 6) is -1.46. The fourth-order valence-corrected chi connectivity index (χ4v) is 2.86. The van der Waals surface area contributed by atoms with Gasteiger partial charge in [-0.2, -0.15) is 4.39 Å². The number of halogens is 1. The van der Waals surface area contributed by atoms with Crippen molar-refractivity contribution in [2.75, 3.05) is 12.3 Å². The molecule has 6 nitrogen and oxygen atoms in total. The van der Waals surface area contributed by atoms with Crippen molar-refractivity contribution >= 4 is 15.5 Å². The van der Waals surface area contributed by atoms with Crippen LogP contribution in [0.2, 0.25) is 0 Å². The first-order chi connectivity index (χ1) is 8.35.